The summed E-state index contributed by atoms with van der Waals surface area (Å²) < 4.78 is 1.12. The third-order valence-electron chi connectivity index (χ3n) is 3.10. The molecule has 1 saturated heterocycles. The Balaban J connectivity index is 1.69. The lowest BCUT2D eigenvalue weighted by Gasteiger charge is -2.23. The molecule has 1 aliphatic heterocycles. The second-order valence-corrected chi connectivity index (χ2v) is 6.29. The van der Waals surface area contributed by atoms with Gasteiger partial charge in [-0.05, 0) is 47.9 Å². The third kappa shape index (κ3) is 2.76. The van der Waals surface area contributed by atoms with Gasteiger partial charge in [0, 0.05) is 22.0 Å². The molecule has 4 nitrogen and oxygen atoms in total. The van der Waals surface area contributed by atoms with Gasteiger partial charge < -0.3 is 10.6 Å². The van der Waals surface area contributed by atoms with Crippen molar-refractivity contribution in [3.05, 3.63) is 22.0 Å². The second-order valence-electron chi connectivity index (χ2n) is 4.46. The van der Waals surface area contributed by atoms with Crippen LogP contribution in [0.1, 0.15) is 12.8 Å². The minimum absolute atomic E-state index is 0.539. The first-order valence-electron chi connectivity index (χ1n) is 6.08. The van der Waals surface area contributed by atoms with E-state index < -0.39 is 0 Å². The van der Waals surface area contributed by atoms with Crippen molar-refractivity contribution in [1.29, 1.82) is 0 Å². The lowest BCUT2D eigenvalue weighted by atomic mass is 10.1. The average Bonchev–Trinajstić information content (AvgIpc) is 2.99. The van der Waals surface area contributed by atoms with E-state index in [-0.39, 0.29) is 0 Å². The number of rotatable bonds is 3. The smallest absolute Gasteiger partial charge is 0.148 e. The molecule has 0 bridgehead atoms. The van der Waals surface area contributed by atoms with E-state index in [4.69, 9.17) is 0 Å². The Morgan fingerprint density at radius 3 is 2.89 bits per heavy atom. The Morgan fingerprint density at radius 2 is 2.17 bits per heavy atom. The van der Waals surface area contributed by atoms with Crippen LogP contribution in [0.4, 0.5) is 5.82 Å². The van der Waals surface area contributed by atoms with Crippen LogP contribution in [0.3, 0.4) is 0 Å². The first kappa shape index (κ1) is 12.2. The summed E-state index contributed by atoms with van der Waals surface area (Å²) in [5, 5.41) is 16.3. The maximum Gasteiger partial charge on any atom is 0.148 e. The number of nitrogens with zero attached hydrogens (tertiary/aromatic N) is 1. The summed E-state index contributed by atoms with van der Waals surface area (Å²) in [6.45, 7) is 2.18. The van der Waals surface area contributed by atoms with Crippen LogP contribution in [0.2, 0.25) is 0 Å². The van der Waals surface area contributed by atoms with Gasteiger partial charge in [-0.1, -0.05) is 0 Å². The van der Waals surface area contributed by atoms with Gasteiger partial charge in [0.15, 0.2) is 0 Å². The SMILES string of the molecule is Brc1csc(-c2cc(NC3CCNCC3)n[nH]2)c1. The molecule has 0 aliphatic carbocycles. The minimum Gasteiger partial charge on any atom is -0.366 e. The maximum absolute atomic E-state index is 4.33. The molecular formula is C12H15BrN4S. The van der Waals surface area contributed by atoms with E-state index in [1.54, 1.807) is 11.3 Å². The van der Waals surface area contributed by atoms with Crippen molar-refractivity contribution in [2.45, 2.75) is 18.9 Å². The van der Waals surface area contributed by atoms with Crippen molar-refractivity contribution < 1.29 is 0 Å². The topological polar surface area (TPSA) is 52.7 Å². The molecule has 1 aliphatic rings. The fourth-order valence-electron chi connectivity index (χ4n) is 2.15. The Hall–Kier alpha value is -0.850. The van der Waals surface area contributed by atoms with Crippen molar-refractivity contribution in [1.82, 2.24) is 15.5 Å². The lowest BCUT2D eigenvalue weighted by molar-refractivity contribution is 0.478. The molecular weight excluding hydrogens is 312 g/mol. The summed E-state index contributed by atoms with van der Waals surface area (Å²) >= 11 is 5.18. The predicted octanol–water partition coefficient (Wildman–Crippen LogP) is 3.06. The van der Waals surface area contributed by atoms with E-state index in [2.05, 4.69) is 54.3 Å². The number of anilines is 1. The molecule has 0 atom stereocenters. The fourth-order valence-corrected chi connectivity index (χ4v) is 3.55. The van der Waals surface area contributed by atoms with Crippen LogP contribution in [0, 0.1) is 0 Å². The van der Waals surface area contributed by atoms with Crippen LogP contribution < -0.4 is 10.6 Å². The van der Waals surface area contributed by atoms with Gasteiger partial charge in [0.05, 0.1) is 10.6 Å². The molecule has 0 unspecified atom stereocenters. The molecule has 0 saturated carbocycles. The zero-order valence-corrected chi connectivity index (χ0v) is 12.3. The summed E-state index contributed by atoms with van der Waals surface area (Å²) in [6.07, 6.45) is 2.32. The monoisotopic (exact) mass is 326 g/mol. The number of aromatic amines is 1. The minimum atomic E-state index is 0.539. The Morgan fingerprint density at radius 1 is 1.33 bits per heavy atom. The highest BCUT2D eigenvalue weighted by atomic mass is 79.9. The van der Waals surface area contributed by atoms with Crippen LogP contribution >= 0.6 is 27.3 Å². The molecule has 3 N–H and O–H groups in total. The molecule has 0 aromatic carbocycles. The van der Waals surface area contributed by atoms with Crippen LogP contribution in [0.25, 0.3) is 10.6 Å². The van der Waals surface area contributed by atoms with Crippen LogP contribution in [0.15, 0.2) is 22.0 Å². The molecule has 0 amide bonds. The molecule has 0 radical (unpaired) electrons. The first-order valence-corrected chi connectivity index (χ1v) is 7.75. The Kier molecular flexibility index (Phi) is 3.67. The maximum atomic E-state index is 4.33. The van der Waals surface area contributed by atoms with Gasteiger partial charge in [-0.25, -0.2) is 0 Å². The molecule has 2 aromatic heterocycles. The van der Waals surface area contributed by atoms with Gasteiger partial charge in [0.2, 0.25) is 0 Å². The summed E-state index contributed by atoms with van der Waals surface area (Å²) in [6, 6.07) is 4.73. The van der Waals surface area contributed by atoms with E-state index >= 15 is 0 Å². The first-order chi connectivity index (χ1) is 8.81. The highest BCUT2D eigenvalue weighted by Crippen LogP contribution is 2.29. The van der Waals surface area contributed by atoms with Gasteiger partial charge in [-0.15, -0.1) is 11.3 Å². The summed E-state index contributed by atoms with van der Waals surface area (Å²) in [7, 11) is 0. The van der Waals surface area contributed by atoms with Crippen molar-refractivity contribution in [3.8, 4) is 10.6 Å². The van der Waals surface area contributed by atoms with Gasteiger partial charge in [0.1, 0.15) is 5.82 Å². The molecule has 1 fully saturated rings. The summed E-state index contributed by atoms with van der Waals surface area (Å²) in [4.78, 5) is 1.20. The van der Waals surface area contributed by atoms with Crippen LogP contribution in [-0.4, -0.2) is 29.3 Å². The molecule has 6 heteroatoms. The molecule has 18 heavy (non-hydrogen) atoms. The van der Waals surface area contributed by atoms with Crippen molar-refractivity contribution >= 4 is 33.1 Å². The zero-order chi connectivity index (χ0) is 12.4. The average molecular weight is 327 g/mol. The second kappa shape index (κ2) is 5.42. The van der Waals surface area contributed by atoms with Gasteiger partial charge >= 0.3 is 0 Å². The third-order valence-corrected chi connectivity index (χ3v) is 4.83. The highest BCUT2D eigenvalue weighted by Gasteiger charge is 2.14. The largest absolute Gasteiger partial charge is 0.366 e. The Labute approximate surface area is 118 Å². The normalized spacial score (nSPS) is 16.9. The van der Waals surface area contributed by atoms with E-state index in [9.17, 15) is 0 Å². The van der Waals surface area contributed by atoms with Gasteiger partial charge in [-0.3, -0.25) is 5.10 Å². The lowest BCUT2D eigenvalue weighted by Crippen LogP contribution is -2.35. The van der Waals surface area contributed by atoms with Crippen LogP contribution in [0.5, 0.6) is 0 Å². The number of piperidine rings is 1. The number of hydrogen-bond donors (Lipinski definition) is 3. The number of hydrogen-bond acceptors (Lipinski definition) is 4. The number of aromatic nitrogens is 2. The van der Waals surface area contributed by atoms with E-state index in [1.807, 2.05) is 0 Å². The van der Waals surface area contributed by atoms with E-state index in [0.717, 1.165) is 41.9 Å². The van der Waals surface area contributed by atoms with Crippen molar-refractivity contribution in [2.75, 3.05) is 18.4 Å². The standard InChI is InChI=1S/C12H15BrN4S/c13-8-5-11(18-7-8)10-6-12(17-16-10)15-9-1-3-14-4-2-9/h5-7,9,14H,1-4H2,(H2,15,16,17). The van der Waals surface area contributed by atoms with Gasteiger partial charge in [-0.2, -0.15) is 5.10 Å². The number of H-pyrrole nitrogens is 1. The fraction of sp³-hybridized carbons (Fsp3) is 0.417. The molecule has 3 heterocycles. The van der Waals surface area contributed by atoms with Crippen LogP contribution in [-0.2, 0) is 0 Å². The quantitative estimate of drug-likeness (QED) is 0.812. The molecule has 3 rings (SSSR count). The number of nitrogens with one attached hydrogen (secondary N) is 3. The zero-order valence-electron chi connectivity index (χ0n) is 9.87. The molecule has 96 valence electrons. The predicted molar refractivity (Wildman–Crippen MR) is 79.1 cm³/mol. The number of halogens is 1. The van der Waals surface area contributed by atoms with E-state index in [1.165, 1.54) is 4.88 Å². The summed E-state index contributed by atoms with van der Waals surface area (Å²) in [5.74, 6) is 0.946. The number of thiophene rings is 1. The summed E-state index contributed by atoms with van der Waals surface area (Å²) in [5.41, 5.74) is 1.07. The van der Waals surface area contributed by atoms with Crippen molar-refractivity contribution in [2.24, 2.45) is 0 Å². The molecule has 0 spiro atoms. The molecule has 2 aromatic rings. The van der Waals surface area contributed by atoms with E-state index in [0.29, 0.717) is 6.04 Å². The van der Waals surface area contributed by atoms with Gasteiger partial charge in [0.25, 0.3) is 0 Å². The van der Waals surface area contributed by atoms with Crippen molar-refractivity contribution in [3.63, 3.8) is 0 Å². The highest BCUT2D eigenvalue weighted by molar-refractivity contribution is 9.10. The Bertz CT molecular complexity index is 516.